The van der Waals surface area contributed by atoms with Gasteiger partial charge in [-0.3, -0.25) is 4.79 Å². The number of carbonyl (C=O) groups is 1. The summed E-state index contributed by atoms with van der Waals surface area (Å²) >= 11 is 1.26. The lowest BCUT2D eigenvalue weighted by molar-refractivity contribution is 0.0777. The Balaban J connectivity index is 1.20. The number of hydrogen-bond donors (Lipinski definition) is 0. The third-order valence-electron chi connectivity index (χ3n) is 5.80. The summed E-state index contributed by atoms with van der Waals surface area (Å²) in [7, 11) is 0. The normalized spacial score (nSPS) is 14.8. The second kappa shape index (κ2) is 9.77. The molecule has 0 saturated carbocycles. The Labute approximate surface area is 202 Å². The van der Waals surface area contributed by atoms with E-state index in [2.05, 4.69) is 14.8 Å². The molecule has 2 aromatic heterocycles. The summed E-state index contributed by atoms with van der Waals surface area (Å²) in [6.07, 6.45) is 0.444. The molecule has 0 spiro atoms. The number of ether oxygens (including phenoxy) is 2. The van der Waals surface area contributed by atoms with Gasteiger partial charge < -0.3 is 18.5 Å². The number of hydrogen-bond acceptors (Lipinski definition) is 7. The number of para-hydroxylation sites is 2. The van der Waals surface area contributed by atoms with Crippen LogP contribution < -0.4 is 9.47 Å². The highest BCUT2D eigenvalue weighted by Crippen LogP contribution is 2.32. The van der Waals surface area contributed by atoms with Crippen LogP contribution in [0.25, 0.3) is 0 Å². The van der Waals surface area contributed by atoms with Gasteiger partial charge in [0.1, 0.15) is 6.61 Å². The third-order valence-corrected chi connectivity index (χ3v) is 6.62. The third kappa shape index (κ3) is 4.87. The van der Waals surface area contributed by atoms with Crippen molar-refractivity contribution in [3.63, 3.8) is 0 Å². The molecule has 174 valence electrons. The monoisotopic (exact) mass is 475 g/mol. The predicted octanol–water partition coefficient (Wildman–Crippen LogP) is 4.89. The zero-order chi connectivity index (χ0) is 23.5. The molecule has 0 aliphatic carbocycles. The van der Waals surface area contributed by atoms with Crippen molar-refractivity contribution < 1.29 is 18.7 Å². The Kier molecular flexibility index (Phi) is 6.40. The first-order valence-electron chi connectivity index (χ1n) is 11.1. The molecule has 7 nitrogen and oxygen atoms in total. The van der Waals surface area contributed by atoms with Gasteiger partial charge in [0.2, 0.25) is 5.89 Å². The summed E-state index contributed by atoms with van der Waals surface area (Å²) in [5.41, 5.74) is 3.73. The molecule has 1 unspecified atom stereocenters. The van der Waals surface area contributed by atoms with Crippen LogP contribution in [-0.2, 0) is 13.0 Å². The molecular weight excluding hydrogens is 450 g/mol. The highest BCUT2D eigenvalue weighted by Gasteiger charge is 2.24. The minimum Gasteiger partial charge on any atom is -0.486 e. The van der Waals surface area contributed by atoms with Crippen molar-refractivity contribution in [3.05, 3.63) is 89.1 Å². The summed E-state index contributed by atoms with van der Waals surface area (Å²) in [6, 6.07) is 19.5. The number of Topliss-reactive ketones (excluding diaryl/α,β-unsaturated/α-hetero) is 1. The van der Waals surface area contributed by atoms with Crippen molar-refractivity contribution in [2.45, 2.75) is 38.1 Å². The van der Waals surface area contributed by atoms with Gasteiger partial charge in [-0.15, -0.1) is 10.2 Å². The van der Waals surface area contributed by atoms with E-state index in [9.17, 15) is 4.79 Å². The van der Waals surface area contributed by atoms with Crippen molar-refractivity contribution in [1.29, 1.82) is 0 Å². The van der Waals surface area contributed by atoms with Gasteiger partial charge in [0.15, 0.2) is 23.4 Å². The zero-order valence-electron chi connectivity index (χ0n) is 19.1. The Morgan fingerprint density at radius 2 is 1.82 bits per heavy atom. The van der Waals surface area contributed by atoms with E-state index in [4.69, 9.17) is 13.9 Å². The van der Waals surface area contributed by atoms with Crippen molar-refractivity contribution >= 4 is 17.5 Å². The SMILES string of the molecule is Cc1cc(C(=O)CSc2nnc(Cc3ccccc3)o2)c(C)n1CC1COc2ccccc2O1. The van der Waals surface area contributed by atoms with E-state index in [-0.39, 0.29) is 17.6 Å². The topological polar surface area (TPSA) is 79.4 Å². The molecule has 1 aliphatic heterocycles. The van der Waals surface area contributed by atoms with Gasteiger partial charge >= 0.3 is 0 Å². The summed E-state index contributed by atoms with van der Waals surface area (Å²) < 4.78 is 19.8. The highest BCUT2D eigenvalue weighted by atomic mass is 32.2. The average Bonchev–Trinajstić information content (AvgIpc) is 3.42. The second-order valence-corrected chi connectivity index (χ2v) is 9.16. The number of benzene rings is 2. The van der Waals surface area contributed by atoms with Gasteiger partial charge in [0.05, 0.1) is 18.7 Å². The summed E-state index contributed by atoms with van der Waals surface area (Å²) in [4.78, 5) is 13.0. The van der Waals surface area contributed by atoms with Crippen molar-refractivity contribution in [1.82, 2.24) is 14.8 Å². The molecule has 0 radical (unpaired) electrons. The lowest BCUT2D eigenvalue weighted by Crippen LogP contribution is -2.33. The van der Waals surface area contributed by atoms with Gasteiger partial charge in [-0.25, -0.2) is 0 Å². The van der Waals surface area contributed by atoms with Crippen LogP contribution in [0, 0.1) is 13.8 Å². The number of fused-ring (bicyclic) bond motifs is 1. The molecule has 0 amide bonds. The van der Waals surface area contributed by atoms with E-state index in [1.54, 1.807) is 0 Å². The molecule has 0 bridgehead atoms. The molecule has 1 aliphatic rings. The fraction of sp³-hybridized carbons (Fsp3) is 0.269. The molecule has 1 atom stereocenters. The summed E-state index contributed by atoms with van der Waals surface area (Å²) in [6.45, 7) is 5.05. The fourth-order valence-corrected chi connectivity index (χ4v) is 4.73. The number of nitrogens with zero attached hydrogens (tertiary/aromatic N) is 3. The first kappa shape index (κ1) is 22.3. The Bertz CT molecular complexity index is 1300. The Hall–Kier alpha value is -3.52. The van der Waals surface area contributed by atoms with E-state index in [1.165, 1.54) is 11.8 Å². The lowest BCUT2D eigenvalue weighted by Gasteiger charge is -2.27. The zero-order valence-corrected chi connectivity index (χ0v) is 19.9. The number of aryl methyl sites for hydroxylation is 1. The molecule has 3 heterocycles. The number of ketones is 1. The molecule has 0 fully saturated rings. The van der Waals surface area contributed by atoms with E-state index < -0.39 is 0 Å². The van der Waals surface area contributed by atoms with Crippen molar-refractivity contribution in [3.8, 4) is 11.5 Å². The van der Waals surface area contributed by atoms with E-state index >= 15 is 0 Å². The minimum absolute atomic E-state index is 0.0262. The van der Waals surface area contributed by atoms with Gasteiger partial charge in [0.25, 0.3) is 5.22 Å². The maximum Gasteiger partial charge on any atom is 0.277 e. The number of rotatable bonds is 8. The van der Waals surface area contributed by atoms with Gasteiger partial charge in [-0.2, -0.15) is 0 Å². The quantitative estimate of drug-likeness (QED) is 0.265. The van der Waals surface area contributed by atoms with Gasteiger partial charge in [0, 0.05) is 17.0 Å². The molecule has 0 N–H and O–H groups in total. The van der Waals surface area contributed by atoms with Crippen LogP contribution in [0.15, 0.2) is 70.3 Å². The first-order valence-corrected chi connectivity index (χ1v) is 12.1. The predicted molar refractivity (Wildman–Crippen MR) is 129 cm³/mol. The fourth-order valence-electron chi connectivity index (χ4n) is 4.06. The van der Waals surface area contributed by atoms with Gasteiger partial charge in [-0.1, -0.05) is 54.2 Å². The van der Waals surface area contributed by atoms with Crippen LogP contribution in [0.2, 0.25) is 0 Å². The average molecular weight is 476 g/mol. The number of thioether (sulfide) groups is 1. The lowest BCUT2D eigenvalue weighted by atomic mass is 10.2. The number of carbonyl (C=O) groups excluding carboxylic acids is 1. The standard InChI is InChI=1S/C26H25N3O4S/c1-17-12-21(18(2)29(17)14-20-15-31-23-10-6-7-11-24(23)32-20)22(30)16-34-26-28-27-25(33-26)13-19-8-4-3-5-9-19/h3-12,20H,13-16H2,1-2H3. The molecule has 0 saturated heterocycles. The maximum absolute atomic E-state index is 13.0. The van der Waals surface area contributed by atoms with Crippen LogP contribution in [-0.4, -0.2) is 39.0 Å². The van der Waals surface area contributed by atoms with Crippen LogP contribution in [0.4, 0.5) is 0 Å². The summed E-state index contributed by atoms with van der Waals surface area (Å²) in [5.74, 6) is 2.31. The second-order valence-electron chi connectivity index (χ2n) is 8.23. The molecule has 4 aromatic rings. The number of aromatic nitrogens is 3. The van der Waals surface area contributed by atoms with Crippen LogP contribution in [0.1, 0.15) is 33.2 Å². The summed E-state index contributed by atoms with van der Waals surface area (Å²) in [5, 5.41) is 8.58. The molecule has 8 heteroatoms. The van der Waals surface area contributed by atoms with Crippen LogP contribution >= 0.6 is 11.8 Å². The first-order chi connectivity index (χ1) is 16.6. The molecule has 2 aromatic carbocycles. The largest absolute Gasteiger partial charge is 0.486 e. The van der Waals surface area contributed by atoms with Crippen molar-refractivity contribution in [2.24, 2.45) is 0 Å². The molecular formula is C26H25N3O4S. The molecule has 34 heavy (non-hydrogen) atoms. The van der Waals surface area contributed by atoms with Crippen molar-refractivity contribution in [2.75, 3.05) is 12.4 Å². The molecule has 5 rings (SSSR count). The van der Waals surface area contributed by atoms with E-state index in [0.717, 1.165) is 28.5 Å². The smallest absolute Gasteiger partial charge is 0.277 e. The van der Waals surface area contributed by atoms with Gasteiger partial charge in [-0.05, 0) is 37.6 Å². The maximum atomic E-state index is 13.0. The van der Waals surface area contributed by atoms with Crippen LogP contribution in [0.5, 0.6) is 11.5 Å². The van der Waals surface area contributed by atoms with Crippen LogP contribution in [0.3, 0.4) is 0 Å². The van der Waals surface area contributed by atoms with E-state index in [0.29, 0.717) is 36.2 Å². The highest BCUT2D eigenvalue weighted by molar-refractivity contribution is 7.99. The Morgan fingerprint density at radius 1 is 1.06 bits per heavy atom. The minimum atomic E-state index is -0.126. The Morgan fingerprint density at radius 3 is 2.65 bits per heavy atom. The van der Waals surface area contributed by atoms with E-state index in [1.807, 2.05) is 74.5 Å².